The number of aromatic carboxylic acids is 1. The molecule has 40 heavy (non-hydrogen) atoms. The van der Waals surface area contributed by atoms with Gasteiger partial charge in [0.2, 0.25) is 5.91 Å². The summed E-state index contributed by atoms with van der Waals surface area (Å²) in [6.07, 6.45) is 2.35. The molecule has 4 heterocycles. The number of carboxylic acids is 1. The Bertz CT molecular complexity index is 1820. The lowest BCUT2D eigenvalue weighted by Gasteiger charge is -2.14. The third-order valence-corrected chi connectivity index (χ3v) is 7.47. The van der Waals surface area contributed by atoms with Gasteiger partial charge in [-0.15, -0.1) is 0 Å². The van der Waals surface area contributed by atoms with Crippen molar-refractivity contribution in [2.45, 2.75) is 39.3 Å². The summed E-state index contributed by atoms with van der Waals surface area (Å²) in [6, 6.07) is 12.6. The van der Waals surface area contributed by atoms with Crippen molar-refractivity contribution in [3.63, 3.8) is 0 Å². The maximum Gasteiger partial charge on any atom is 0.335 e. The first-order chi connectivity index (χ1) is 19.3. The quantitative estimate of drug-likeness (QED) is 0.276. The number of aromatic nitrogens is 4. The second-order valence-corrected chi connectivity index (χ2v) is 10.1. The fraction of sp³-hybridized carbons (Fsp3) is 0.267. The van der Waals surface area contributed by atoms with E-state index in [1.165, 1.54) is 0 Å². The molecule has 10 nitrogen and oxygen atoms in total. The Labute approximate surface area is 230 Å². The van der Waals surface area contributed by atoms with Crippen LogP contribution in [0.25, 0.3) is 33.2 Å². The summed E-state index contributed by atoms with van der Waals surface area (Å²) < 4.78 is 14.7. The zero-order valence-electron chi connectivity index (χ0n) is 22.7. The van der Waals surface area contributed by atoms with Crippen LogP contribution in [0.3, 0.4) is 0 Å². The van der Waals surface area contributed by atoms with E-state index in [0.29, 0.717) is 41.5 Å². The molecule has 6 rings (SSSR count). The number of hydrogen-bond donors (Lipinski definition) is 2. The number of rotatable bonds is 7. The Morgan fingerprint density at radius 2 is 1.90 bits per heavy atom. The van der Waals surface area contributed by atoms with Gasteiger partial charge >= 0.3 is 5.97 Å². The Balaban J connectivity index is 1.57. The second-order valence-electron chi connectivity index (χ2n) is 10.1. The van der Waals surface area contributed by atoms with Crippen LogP contribution in [-0.4, -0.2) is 50.3 Å². The molecule has 5 aromatic rings. The van der Waals surface area contributed by atoms with Gasteiger partial charge in [0.25, 0.3) is 0 Å². The van der Waals surface area contributed by atoms with Crippen molar-refractivity contribution in [3.8, 4) is 22.8 Å². The van der Waals surface area contributed by atoms with Crippen molar-refractivity contribution in [1.82, 2.24) is 19.1 Å². The smallest absolute Gasteiger partial charge is 0.335 e. The highest BCUT2D eigenvalue weighted by atomic mass is 16.5. The number of fused-ring (bicyclic) bond motifs is 7. The molecular weight excluding hydrogens is 510 g/mol. The molecule has 1 aliphatic rings. The van der Waals surface area contributed by atoms with Crippen LogP contribution in [0, 0.1) is 0 Å². The largest absolute Gasteiger partial charge is 0.497 e. The van der Waals surface area contributed by atoms with Gasteiger partial charge in [-0.25, -0.2) is 14.8 Å². The minimum Gasteiger partial charge on any atom is -0.497 e. The molecule has 0 unspecified atom stereocenters. The van der Waals surface area contributed by atoms with Crippen LogP contribution in [0.15, 0.2) is 48.8 Å². The van der Waals surface area contributed by atoms with E-state index in [0.717, 1.165) is 33.2 Å². The minimum atomic E-state index is -1.04. The van der Waals surface area contributed by atoms with Gasteiger partial charge in [-0.3, -0.25) is 9.36 Å². The number of nitrogens with one attached hydrogen (secondary N) is 1. The number of carbonyl (C=O) groups excluding carboxylic acids is 1. The maximum absolute atomic E-state index is 13.5. The lowest BCUT2D eigenvalue weighted by atomic mass is 10.1. The van der Waals surface area contributed by atoms with Gasteiger partial charge in [-0.1, -0.05) is 6.07 Å². The zero-order valence-corrected chi connectivity index (χ0v) is 22.7. The average Bonchev–Trinajstić information content (AvgIpc) is 3.45. The minimum absolute atomic E-state index is 0.0819. The maximum atomic E-state index is 13.5. The van der Waals surface area contributed by atoms with Crippen LogP contribution in [0.1, 0.15) is 52.7 Å². The molecule has 0 aliphatic carbocycles. The van der Waals surface area contributed by atoms with Gasteiger partial charge in [0.1, 0.15) is 29.3 Å². The molecular formula is C30H29N5O5. The molecule has 0 spiro atoms. The number of benzene rings is 2. The fourth-order valence-electron chi connectivity index (χ4n) is 5.69. The first-order valence-electron chi connectivity index (χ1n) is 13.1. The highest BCUT2D eigenvalue weighted by Gasteiger charge is 2.31. The molecule has 2 aromatic carbocycles. The van der Waals surface area contributed by atoms with Crippen LogP contribution < -0.4 is 14.8 Å². The summed E-state index contributed by atoms with van der Waals surface area (Å²) in [7, 11) is 3.23. The lowest BCUT2D eigenvalue weighted by molar-refractivity contribution is 0.0696. The van der Waals surface area contributed by atoms with E-state index >= 15 is 0 Å². The topological polar surface area (TPSA) is 120 Å². The van der Waals surface area contributed by atoms with Crippen LogP contribution >= 0.6 is 0 Å². The molecule has 0 bridgehead atoms. The second kappa shape index (κ2) is 9.71. The standard InChI is InChI=1S/C30H29N5O5/c1-16(2)34-21-9-10-25(36)35-22-12-18(30(37)38)6-5-17(22)11-23(35)26(21)27-28(32-15-33-29(27)34)31-14-19-7-8-20(39-3)13-24(19)40-4/h5-8,11-13,15-16H,9-10,14H2,1-4H3,(H,37,38)(H,31,32,33). The van der Waals surface area contributed by atoms with E-state index in [2.05, 4.69) is 28.7 Å². The normalized spacial score (nSPS) is 12.9. The monoisotopic (exact) mass is 539 g/mol. The summed E-state index contributed by atoms with van der Waals surface area (Å²) in [5, 5.41) is 14.7. The number of carboxylic acid groups (broad SMARTS) is 1. The van der Waals surface area contributed by atoms with E-state index in [-0.39, 0.29) is 23.9 Å². The van der Waals surface area contributed by atoms with Gasteiger partial charge in [0.15, 0.2) is 0 Å². The summed E-state index contributed by atoms with van der Waals surface area (Å²) in [5.41, 5.74) is 5.00. The number of hydrogen-bond acceptors (Lipinski definition) is 7. The highest BCUT2D eigenvalue weighted by molar-refractivity contribution is 6.09. The van der Waals surface area contributed by atoms with Crippen LogP contribution in [0.2, 0.25) is 0 Å². The highest BCUT2D eigenvalue weighted by Crippen LogP contribution is 2.43. The SMILES string of the molecule is COc1ccc(CNc2ncnc3c2c2c(n3C(C)C)CCC(=O)n3c-2cc2ccc(C(=O)O)cc23)c(OC)c1. The number of methoxy groups -OCH3 is 2. The predicted octanol–water partition coefficient (Wildman–Crippen LogP) is 5.55. The van der Waals surface area contributed by atoms with Gasteiger partial charge in [0, 0.05) is 47.3 Å². The molecule has 0 saturated heterocycles. The van der Waals surface area contributed by atoms with E-state index < -0.39 is 5.97 Å². The number of nitrogens with zero attached hydrogens (tertiary/aromatic N) is 4. The molecule has 3 aromatic heterocycles. The van der Waals surface area contributed by atoms with Gasteiger partial charge < -0.3 is 24.5 Å². The molecule has 0 radical (unpaired) electrons. The van der Waals surface area contributed by atoms with Crippen molar-refractivity contribution in [2.75, 3.05) is 19.5 Å². The summed E-state index contributed by atoms with van der Waals surface area (Å²) in [5.74, 6) is 0.908. The van der Waals surface area contributed by atoms with Gasteiger partial charge in [-0.2, -0.15) is 0 Å². The number of ether oxygens (including phenoxy) is 2. The van der Waals surface area contributed by atoms with E-state index in [1.807, 2.05) is 24.3 Å². The van der Waals surface area contributed by atoms with Crippen LogP contribution in [0.4, 0.5) is 5.82 Å². The zero-order chi connectivity index (χ0) is 28.1. The van der Waals surface area contributed by atoms with Crippen molar-refractivity contribution >= 4 is 39.6 Å². The lowest BCUT2D eigenvalue weighted by Crippen LogP contribution is -2.12. The molecule has 0 saturated carbocycles. The van der Waals surface area contributed by atoms with Crippen molar-refractivity contribution in [3.05, 3.63) is 65.6 Å². The molecule has 2 N–H and O–H groups in total. The van der Waals surface area contributed by atoms with Crippen molar-refractivity contribution < 1.29 is 24.2 Å². The Kier molecular flexibility index (Phi) is 6.17. The molecule has 204 valence electrons. The van der Waals surface area contributed by atoms with Crippen molar-refractivity contribution in [2.24, 2.45) is 0 Å². The summed E-state index contributed by atoms with van der Waals surface area (Å²) >= 11 is 0. The Morgan fingerprint density at radius 3 is 2.62 bits per heavy atom. The van der Waals surface area contributed by atoms with E-state index in [9.17, 15) is 14.7 Å². The van der Waals surface area contributed by atoms with E-state index in [4.69, 9.17) is 14.5 Å². The Hall–Kier alpha value is -4.86. The van der Waals surface area contributed by atoms with Crippen LogP contribution in [0.5, 0.6) is 11.5 Å². The number of carbonyl (C=O) groups is 2. The van der Waals surface area contributed by atoms with E-state index in [1.54, 1.807) is 43.3 Å². The van der Waals surface area contributed by atoms with Gasteiger partial charge in [0.05, 0.1) is 36.4 Å². The third kappa shape index (κ3) is 3.95. The summed E-state index contributed by atoms with van der Waals surface area (Å²) in [4.78, 5) is 34.5. The predicted molar refractivity (Wildman–Crippen MR) is 152 cm³/mol. The molecule has 0 atom stereocenters. The molecule has 0 amide bonds. The summed E-state index contributed by atoms with van der Waals surface area (Å²) in [6.45, 7) is 4.63. The molecule has 10 heteroatoms. The average molecular weight is 540 g/mol. The van der Waals surface area contributed by atoms with Gasteiger partial charge in [-0.05, 0) is 50.6 Å². The Morgan fingerprint density at radius 1 is 1.07 bits per heavy atom. The van der Waals surface area contributed by atoms with Crippen LogP contribution in [-0.2, 0) is 13.0 Å². The molecule has 0 fully saturated rings. The fourth-order valence-corrected chi connectivity index (χ4v) is 5.69. The third-order valence-electron chi connectivity index (χ3n) is 7.47. The first kappa shape index (κ1) is 25.4. The first-order valence-corrected chi connectivity index (χ1v) is 13.1. The van der Waals surface area contributed by atoms with Crippen molar-refractivity contribution in [1.29, 1.82) is 0 Å². The number of anilines is 1. The molecule has 1 aliphatic heterocycles.